The van der Waals surface area contributed by atoms with Gasteiger partial charge in [-0.15, -0.1) is 0 Å². The van der Waals surface area contributed by atoms with Crippen molar-refractivity contribution in [3.63, 3.8) is 0 Å². The Morgan fingerprint density at radius 1 is 0.576 bits per heavy atom. The van der Waals surface area contributed by atoms with Crippen LogP contribution in [0.4, 0.5) is 0 Å². The van der Waals surface area contributed by atoms with Crippen LogP contribution in [0, 0.1) is 0 Å². The number of benzene rings is 4. The largest absolute Gasteiger partial charge is 0.494 e. The van der Waals surface area contributed by atoms with Crippen LogP contribution in [0.2, 0.25) is 0 Å². The fourth-order valence-electron chi connectivity index (χ4n) is 5.44. The van der Waals surface area contributed by atoms with E-state index in [1.165, 1.54) is 38.6 Å². The van der Waals surface area contributed by atoms with Crippen LogP contribution in [0.15, 0.2) is 84.9 Å². The summed E-state index contributed by atoms with van der Waals surface area (Å²) in [6.07, 6.45) is 0. The van der Waals surface area contributed by atoms with E-state index in [1.807, 2.05) is 0 Å². The molecule has 3 heteroatoms. The van der Waals surface area contributed by atoms with Crippen molar-refractivity contribution in [1.29, 1.82) is 0 Å². The summed E-state index contributed by atoms with van der Waals surface area (Å²) < 4.78 is 12.8. The molecule has 4 aromatic rings. The van der Waals surface area contributed by atoms with Gasteiger partial charge in [0, 0.05) is 5.41 Å². The minimum atomic E-state index is -0.372. The van der Waals surface area contributed by atoms with Crippen LogP contribution < -0.4 is 5.46 Å². The summed E-state index contributed by atoms with van der Waals surface area (Å²) in [6, 6.07) is 31.0. The second-order valence-electron chi connectivity index (χ2n) is 10.6. The maximum atomic E-state index is 6.40. The highest BCUT2D eigenvalue weighted by atomic mass is 16.7. The molecule has 0 N–H and O–H groups in total. The molecule has 2 aliphatic rings. The quantitative estimate of drug-likeness (QED) is 0.338. The van der Waals surface area contributed by atoms with E-state index in [2.05, 4.69) is 120 Å². The first kappa shape index (κ1) is 20.7. The summed E-state index contributed by atoms with van der Waals surface area (Å²) in [5.41, 5.74) is 6.67. The van der Waals surface area contributed by atoms with Crippen molar-refractivity contribution < 1.29 is 9.31 Å². The number of hydrogen-bond donors (Lipinski definition) is 0. The fourth-order valence-corrected chi connectivity index (χ4v) is 5.44. The summed E-state index contributed by atoms with van der Waals surface area (Å²) in [7, 11) is -0.372. The third kappa shape index (κ3) is 2.89. The smallest absolute Gasteiger partial charge is 0.399 e. The molecular formula is C30H29BO2. The Labute approximate surface area is 196 Å². The minimum absolute atomic E-state index is 0.254. The predicted octanol–water partition coefficient (Wildman–Crippen LogP) is 6.47. The van der Waals surface area contributed by atoms with Crippen LogP contribution in [-0.4, -0.2) is 18.3 Å². The van der Waals surface area contributed by atoms with Gasteiger partial charge in [0.05, 0.1) is 11.2 Å². The van der Waals surface area contributed by atoms with Crippen molar-refractivity contribution in [3.8, 4) is 11.1 Å². The van der Waals surface area contributed by atoms with E-state index in [4.69, 9.17) is 9.31 Å². The van der Waals surface area contributed by atoms with Crippen molar-refractivity contribution in [2.45, 2.75) is 51.2 Å². The van der Waals surface area contributed by atoms with E-state index in [0.29, 0.717) is 0 Å². The van der Waals surface area contributed by atoms with Gasteiger partial charge in [-0.2, -0.15) is 0 Å². The molecule has 1 heterocycles. The minimum Gasteiger partial charge on any atom is -0.399 e. The Morgan fingerprint density at radius 2 is 1.15 bits per heavy atom. The first-order chi connectivity index (χ1) is 15.7. The van der Waals surface area contributed by atoms with E-state index in [0.717, 1.165) is 5.46 Å². The summed E-state index contributed by atoms with van der Waals surface area (Å²) in [6.45, 7) is 10.8. The molecular weight excluding hydrogens is 403 g/mol. The second kappa shape index (κ2) is 6.82. The molecule has 1 aliphatic carbocycles. The molecule has 164 valence electrons. The van der Waals surface area contributed by atoms with Gasteiger partial charge in [0.25, 0.3) is 0 Å². The molecule has 0 radical (unpaired) electrons. The summed E-state index contributed by atoms with van der Waals surface area (Å²) in [5.74, 6) is 0. The number of hydrogen-bond acceptors (Lipinski definition) is 2. The van der Waals surface area contributed by atoms with Gasteiger partial charge in [0.2, 0.25) is 0 Å². The lowest BCUT2D eigenvalue weighted by atomic mass is 9.71. The molecule has 0 saturated carbocycles. The summed E-state index contributed by atoms with van der Waals surface area (Å²) in [4.78, 5) is 0. The molecule has 0 bridgehead atoms. The van der Waals surface area contributed by atoms with E-state index in [1.54, 1.807) is 0 Å². The Balaban J connectivity index is 1.58. The van der Waals surface area contributed by atoms with Crippen LogP contribution in [0.25, 0.3) is 21.9 Å². The lowest BCUT2D eigenvalue weighted by Gasteiger charge is -2.32. The molecule has 1 atom stereocenters. The summed E-state index contributed by atoms with van der Waals surface area (Å²) in [5, 5.41) is 2.55. The highest BCUT2D eigenvalue weighted by molar-refractivity contribution is 6.62. The Kier molecular flexibility index (Phi) is 4.28. The van der Waals surface area contributed by atoms with Gasteiger partial charge in [-0.3, -0.25) is 0 Å². The zero-order valence-electron chi connectivity index (χ0n) is 20.0. The van der Waals surface area contributed by atoms with Gasteiger partial charge in [-0.05, 0) is 90.8 Å². The lowest BCUT2D eigenvalue weighted by Crippen LogP contribution is -2.41. The molecule has 1 fully saturated rings. The van der Waals surface area contributed by atoms with Crippen molar-refractivity contribution in [1.82, 2.24) is 0 Å². The Morgan fingerprint density at radius 3 is 1.82 bits per heavy atom. The molecule has 6 rings (SSSR count). The average molecular weight is 432 g/mol. The highest BCUT2D eigenvalue weighted by Crippen LogP contribution is 2.53. The van der Waals surface area contributed by atoms with Crippen LogP contribution >= 0.6 is 0 Å². The highest BCUT2D eigenvalue weighted by Gasteiger charge is 2.52. The normalized spacial score (nSPS) is 22.4. The molecule has 0 spiro atoms. The van der Waals surface area contributed by atoms with E-state index < -0.39 is 0 Å². The third-order valence-corrected chi connectivity index (χ3v) is 8.17. The van der Waals surface area contributed by atoms with E-state index >= 15 is 0 Å². The van der Waals surface area contributed by atoms with Crippen molar-refractivity contribution in [2.75, 3.05) is 0 Å². The van der Waals surface area contributed by atoms with Crippen LogP contribution in [0.5, 0.6) is 0 Å². The van der Waals surface area contributed by atoms with Crippen molar-refractivity contribution in [2.24, 2.45) is 0 Å². The summed E-state index contributed by atoms with van der Waals surface area (Å²) >= 11 is 0. The maximum absolute atomic E-state index is 6.40. The number of rotatable bonds is 2. The van der Waals surface area contributed by atoms with Crippen LogP contribution in [0.3, 0.4) is 0 Å². The molecule has 4 aromatic carbocycles. The van der Waals surface area contributed by atoms with Gasteiger partial charge in [-0.25, -0.2) is 0 Å². The SMILES string of the molecule is CC1(c2ccccc2)c2cc(B3OC(C)(C)C(C)(C)O3)ccc2-c2cc3ccccc3cc21. The van der Waals surface area contributed by atoms with Gasteiger partial charge in [-0.1, -0.05) is 72.8 Å². The first-order valence-corrected chi connectivity index (χ1v) is 11.8. The zero-order valence-corrected chi connectivity index (χ0v) is 20.0. The standard InChI is InChI=1S/C30H29BO2/c1-28(2)29(3,4)33-31(32-28)23-15-16-24-25-17-20-11-9-10-12-21(20)18-26(25)30(5,27(24)19-23)22-13-7-6-8-14-22/h6-19H,1-5H3. The Bertz CT molecular complexity index is 1370. The fraction of sp³-hybridized carbons (Fsp3) is 0.267. The molecule has 1 aliphatic heterocycles. The van der Waals surface area contributed by atoms with Gasteiger partial charge in [0.15, 0.2) is 0 Å². The van der Waals surface area contributed by atoms with Crippen molar-refractivity contribution in [3.05, 3.63) is 102 Å². The lowest BCUT2D eigenvalue weighted by molar-refractivity contribution is 0.00578. The molecule has 2 nitrogen and oxygen atoms in total. The van der Waals surface area contributed by atoms with E-state index in [-0.39, 0.29) is 23.7 Å². The van der Waals surface area contributed by atoms with Gasteiger partial charge in [0.1, 0.15) is 0 Å². The van der Waals surface area contributed by atoms with Gasteiger partial charge < -0.3 is 9.31 Å². The monoisotopic (exact) mass is 432 g/mol. The average Bonchev–Trinajstić information content (AvgIpc) is 3.19. The van der Waals surface area contributed by atoms with Crippen LogP contribution in [0.1, 0.15) is 51.3 Å². The maximum Gasteiger partial charge on any atom is 0.494 e. The van der Waals surface area contributed by atoms with Crippen LogP contribution in [-0.2, 0) is 14.7 Å². The van der Waals surface area contributed by atoms with Gasteiger partial charge >= 0.3 is 7.12 Å². The molecule has 1 unspecified atom stereocenters. The third-order valence-electron chi connectivity index (χ3n) is 8.17. The topological polar surface area (TPSA) is 18.5 Å². The molecule has 0 aromatic heterocycles. The van der Waals surface area contributed by atoms with Crippen molar-refractivity contribution >= 4 is 23.4 Å². The van der Waals surface area contributed by atoms with E-state index in [9.17, 15) is 0 Å². The Hall–Kier alpha value is -2.88. The molecule has 1 saturated heterocycles. The first-order valence-electron chi connectivity index (χ1n) is 11.8. The number of fused-ring (bicyclic) bond motifs is 4. The molecule has 0 amide bonds. The molecule has 33 heavy (non-hydrogen) atoms. The predicted molar refractivity (Wildman–Crippen MR) is 137 cm³/mol. The zero-order chi connectivity index (χ0) is 23.0. The second-order valence-corrected chi connectivity index (χ2v) is 10.6.